The Labute approximate surface area is 822 Å². The van der Waals surface area contributed by atoms with Crippen LogP contribution >= 0.6 is 0 Å². The maximum Gasteiger partial charge on any atom is 0.238 e. The minimum Gasteiger partial charge on any atom is -0.309 e. The zero-order chi connectivity index (χ0) is 95.1. The first kappa shape index (κ1) is 84.4. The molecular weight excluding hydrogens is 1730 g/mol. The third kappa shape index (κ3) is 13.9. The van der Waals surface area contributed by atoms with E-state index >= 15 is 0 Å². The van der Waals surface area contributed by atoms with Gasteiger partial charge in [-0.05, 0) is 161 Å². The summed E-state index contributed by atoms with van der Waals surface area (Å²) in [6, 6.07) is 161. The molecule has 28 rings (SSSR count). The molecule has 0 N–H and O–H groups in total. The highest BCUT2D eigenvalue weighted by Crippen LogP contribution is 2.57. The third-order valence-corrected chi connectivity index (χ3v) is 29.6. The van der Waals surface area contributed by atoms with Crippen LogP contribution in [0, 0.1) is 0 Å². The van der Waals surface area contributed by atoms with Crippen LogP contribution in [-0.4, -0.2) is 53.6 Å². The zero-order valence-corrected chi connectivity index (χ0v) is 79.2. The van der Waals surface area contributed by atoms with Gasteiger partial charge in [-0.1, -0.05) is 436 Å². The van der Waals surface area contributed by atoms with Crippen LogP contribution in [0.5, 0.6) is 0 Å². The molecule has 0 amide bonds. The van der Waals surface area contributed by atoms with Crippen LogP contribution in [0.15, 0.2) is 455 Å². The van der Waals surface area contributed by atoms with Crippen molar-refractivity contribution in [1.29, 1.82) is 0 Å². The lowest BCUT2D eigenvalue weighted by atomic mass is 9.82. The molecule has 672 valence electrons. The fourth-order valence-corrected chi connectivity index (χ4v) is 22.7. The van der Waals surface area contributed by atoms with Gasteiger partial charge in [0.25, 0.3) is 0 Å². The standard InChI is InChI=1S/C48H34N4.C42H30N4.C41H29N3/c1-48(2)39-22-11-9-20-37(39)43-40(48)28-29-42-44(43)38-21-10-12-23-41(38)52(42)36-19-13-18-35(30-36)47-50-45(33-16-7-4-8-17-33)49-46(51-47)34-26-24-32(25-27-34)31-14-5-3-6-15-31;1-42(2)33-22-11-9-20-31(33)37-34(42)24-25-36-38(37)32-21-10-12-23-35(32)46(36)41-44-39(28-16-7-4-8-17-28)43-40(45-41)30-19-13-18-29(26-30)27-14-5-3-6-15-27;1-41(2)32-17-9-6-14-29(32)37-33(41)24-25-36-38(37)31-16-8-11-19-35(31)44(36)40-42-34-18-10-7-15-30(34)39(43-40)28-22-20-27(21-23-28)26-12-4-3-5-13-26/h3-30H,1-2H3;3-26H,1-2H3;3-25H,1-2H3. The van der Waals surface area contributed by atoms with Gasteiger partial charge in [0.05, 0.1) is 44.3 Å². The van der Waals surface area contributed by atoms with E-state index in [1.54, 1.807) is 0 Å². The first-order valence-corrected chi connectivity index (χ1v) is 48.7. The number of nitrogens with zero attached hydrogens (tertiary/aromatic N) is 11. The summed E-state index contributed by atoms with van der Waals surface area (Å²) in [6.45, 7) is 14.0. The van der Waals surface area contributed by atoms with Crippen molar-refractivity contribution in [2.75, 3.05) is 0 Å². The number of hydrogen-bond donors (Lipinski definition) is 0. The molecule has 0 atom stereocenters. The largest absolute Gasteiger partial charge is 0.309 e. The van der Waals surface area contributed by atoms with E-state index in [1.807, 2.05) is 60.7 Å². The average Bonchev–Trinajstić information content (AvgIpc) is 1.55. The molecule has 3 aliphatic carbocycles. The predicted octanol–water partition coefficient (Wildman–Crippen LogP) is 32.6. The van der Waals surface area contributed by atoms with E-state index in [0.717, 1.165) is 94.4 Å². The normalized spacial score (nSPS) is 13.2. The SMILES string of the molecule is CC1(C)c2ccccc2-c2c1ccc1c2c2ccccc2n1-c1cccc(-c2nc(-c3ccccc3)nc(-c3ccc(-c4ccccc4)cc3)n2)c1.CC1(C)c2ccccc2-c2c1ccc1c2c2ccccc2n1-c1nc(-c2ccc(-c3ccccc3)cc2)c2ccccc2n1.CC1(C)c2ccccc2-c2c1ccc1c2c2ccccc2n1-c1nc(-c2ccccc2)nc(-c2cccc(-c3ccccc3)c2)n1. The topological polar surface area (TPSA) is 118 Å². The molecule has 0 aliphatic heterocycles. The molecule has 11 nitrogen and oxygen atoms in total. The highest BCUT2D eigenvalue weighted by Gasteiger charge is 2.41. The quantitative estimate of drug-likeness (QED) is 0.119. The summed E-state index contributed by atoms with van der Waals surface area (Å²) in [5.41, 5.74) is 38.4. The molecule has 0 fully saturated rings. The summed E-state index contributed by atoms with van der Waals surface area (Å²) in [7, 11) is 0. The third-order valence-electron chi connectivity index (χ3n) is 29.6. The van der Waals surface area contributed by atoms with Crippen LogP contribution in [0.2, 0.25) is 0 Å². The smallest absolute Gasteiger partial charge is 0.238 e. The van der Waals surface area contributed by atoms with Gasteiger partial charge in [-0.3, -0.25) is 9.13 Å². The molecule has 6 heterocycles. The van der Waals surface area contributed by atoms with Gasteiger partial charge in [0.1, 0.15) is 0 Å². The van der Waals surface area contributed by atoms with E-state index in [-0.39, 0.29) is 16.2 Å². The number of benzene rings is 19. The molecular formula is C131H93N11. The Kier molecular flexibility index (Phi) is 20.0. The number of rotatable bonds is 12. The van der Waals surface area contributed by atoms with Gasteiger partial charge in [0, 0.05) is 93.0 Å². The van der Waals surface area contributed by atoms with Crippen LogP contribution in [0.1, 0.15) is 74.9 Å². The molecule has 19 aromatic carbocycles. The van der Waals surface area contributed by atoms with Gasteiger partial charge in [-0.2, -0.15) is 9.97 Å². The summed E-state index contributed by atoms with van der Waals surface area (Å²) in [4.78, 5) is 41.1. The summed E-state index contributed by atoms with van der Waals surface area (Å²) in [5, 5.41) is 8.50. The number of aromatic nitrogens is 11. The summed E-state index contributed by atoms with van der Waals surface area (Å²) in [6.07, 6.45) is 0. The second-order valence-electron chi connectivity index (χ2n) is 38.8. The Morgan fingerprint density at radius 2 is 0.465 bits per heavy atom. The first-order chi connectivity index (χ1) is 69.7. The van der Waals surface area contributed by atoms with Crippen molar-refractivity contribution >= 4 is 76.3 Å². The maximum absolute atomic E-state index is 5.33. The lowest BCUT2D eigenvalue weighted by molar-refractivity contribution is 0.660. The van der Waals surface area contributed by atoms with Crippen LogP contribution in [-0.2, 0) is 16.2 Å². The Morgan fingerprint density at radius 3 is 0.908 bits per heavy atom. The highest BCUT2D eigenvalue weighted by molar-refractivity contribution is 6.21. The molecule has 142 heavy (non-hydrogen) atoms. The Hall–Kier alpha value is -18.1. The molecule has 3 aliphatic rings. The lowest BCUT2D eigenvalue weighted by Crippen LogP contribution is -2.14. The number of hydrogen-bond acceptors (Lipinski definition) is 8. The van der Waals surface area contributed by atoms with E-state index in [4.69, 9.17) is 39.9 Å². The summed E-state index contributed by atoms with van der Waals surface area (Å²) < 4.78 is 6.87. The van der Waals surface area contributed by atoms with Crippen LogP contribution in [0.3, 0.4) is 0 Å². The fourth-order valence-electron chi connectivity index (χ4n) is 22.7. The number of fused-ring (bicyclic) bond motifs is 22. The maximum atomic E-state index is 5.33. The van der Waals surface area contributed by atoms with E-state index in [0.29, 0.717) is 41.0 Å². The highest BCUT2D eigenvalue weighted by atomic mass is 15.2. The van der Waals surface area contributed by atoms with E-state index in [2.05, 4.69) is 450 Å². The lowest BCUT2D eigenvalue weighted by Gasteiger charge is -2.21. The predicted molar refractivity (Wildman–Crippen MR) is 584 cm³/mol. The average molecular weight is 1820 g/mol. The molecule has 0 saturated carbocycles. The van der Waals surface area contributed by atoms with Crippen molar-refractivity contribution in [3.8, 4) is 153 Å². The molecule has 6 aromatic heterocycles. The van der Waals surface area contributed by atoms with Crippen LogP contribution in [0.25, 0.3) is 229 Å². The van der Waals surface area contributed by atoms with Gasteiger partial charge >= 0.3 is 0 Å². The van der Waals surface area contributed by atoms with Crippen molar-refractivity contribution in [2.45, 2.75) is 57.8 Å². The van der Waals surface area contributed by atoms with Crippen molar-refractivity contribution in [2.24, 2.45) is 0 Å². The van der Waals surface area contributed by atoms with Gasteiger partial charge in [-0.25, -0.2) is 29.9 Å². The zero-order valence-electron chi connectivity index (χ0n) is 79.2. The second kappa shape index (κ2) is 33.7. The number of para-hydroxylation sites is 4. The van der Waals surface area contributed by atoms with Gasteiger partial charge in [0.15, 0.2) is 29.1 Å². The molecule has 0 spiro atoms. The summed E-state index contributed by atoms with van der Waals surface area (Å²) >= 11 is 0. The molecule has 0 unspecified atom stereocenters. The molecule has 0 saturated heterocycles. The van der Waals surface area contributed by atoms with Crippen LogP contribution in [0.4, 0.5) is 0 Å². The molecule has 11 heteroatoms. The van der Waals surface area contributed by atoms with E-state index in [9.17, 15) is 0 Å². The van der Waals surface area contributed by atoms with E-state index in [1.165, 1.54) is 127 Å². The monoisotopic (exact) mass is 1820 g/mol. The van der Waals surface area contributed by atoms with Crippen molar-refractivity contribution in [1.82, 2.24) is 53.6 Å². The van der Waals surface area contributed by atoms with Gasteiger partial charge in [0.2, 0.25) is 11.9 Å². The minimum absolute atomic E-state index is 0.0676. The van der Waals surface area contributed by atoms with Gasteiger partial charge < -0.3 is 4.57 Å². The van der Waals surface area contributed by atoms with Crippen molar-refractivity contribution < 1.29 is 0 Å². The van der Waals surface area contributed by atoms with Gasteiger partial charge in [-0.15, -0.1) is 0 Å². The Balaban J connectivity index is 0.000000110. The first-order valence-electron chi connectivity index (χ1n) is 48.7. The minimum atomic E-state index is -0.0894. The van der Waals surface area contributed by atoms with Crippen LogP contribution < -0.4 is 0 Å². The molecule has 0 bridgehead atoms. The second-order valence-corrected chi connectivity index (χ2v) is 38.8. The molecule has 25 aromatic rings. The molecule has 0 radical (unpaired) electrons. The fraction of sp³-hybridized carbons (Fsp3) is 0.0687. The summed E-state index contributed by atoms with van der Waals surface area (Å²) in [5.74, 6) is 4.49. The Morgan fingerprint density at radius 1 is 0.176 bits per heavy atom. The van der Waals surface area contributed by atoms with E-state index < -0.39 is 0 Å². The van der Waals surface area contributed by atoms with Crippen molar-refractivity contribution in [3.63, 3.8) is 0 Å². The van der Waals surface area contributed by atoms with Crippen molar-refractivity contribution in [3.05, 3.63) is 488 Å². The Bertz CT molecular complexity index is 9340.